The van der Waals surface area contributed by atoms with Crippen LogP contribution >= 0.6 is 11.6 Å². The van der Waals surface area contributed by atoms with E-state index in [0.717, 1.165) is 0 Å². The van der Waals surface area contributed by atoms with Crippen LogP contribution in [0.1, 0.15) is 11.3 Å². The number of benzene rings is 1. The van der Waals surface area contributed by atoms with Crippen LogP contribution in [-0.2, 0) is 6.54 Å². The summed E-state index contributed by atoms with van der Waals surface area (Å²) in [5.74, 6) is 0.136. The van der Waals surface area contributed by atoms with Gasteiger partial charge in [0.25, 0.3) is 0 Å². The molecule has 0 unspecified atom stereocenters. The van der Waals surface area contributed by atoms with Crippen molar-refractivity contribution in [3.8, 4) is 6.07 Å². The maximum Gasteiger partial charge on any atom is 0.193 e. The van der Waals surface area contributed by atoms with Crippen LogP contribution in [0.5, 0.6) is 0 Å². The predicted molar refractivity (Wildman–Crippen MR) is 62.2 cm³/mol. The Morgan fingerprint density at radius 1 is 1.35 bits per heavy atom. The number of rotatable bonds is 3. The fraction of sp³-hybridized carbons (Fsp3) is 0.0833. The Kier molecular flexibility index (Phi) is 3.31. The molecule has 5 heteroatoms. The van der Waals surface area contributed by atoms with Gasteiger partial charge in [-0.25, -0.2) is 4.39 Å². The van der Waals surface area contributed by atoms with Crippen LogP contribution in [0.2, 0.25) is 5.22 Å². The first-order chi connectivity index (χ1) is 8.19. The molecule has 17 heavy (non-hydrogen) atoms. The van der Waals surface area contributed by atoms with Crippen molar-refractivity contribution >= 4 is 17.3 Å². The van der Waals surface area contributed by atoms with Gasteiger partial charge in [0.1, 0.15) is 17.6 Å². The second kappa shape index (κ2) is 4.89. The molecule has 0 fully saturated rings. The lowest BCUT2D eigenvalue weighted by molar-refractivity contribution is 0.520. The first kappa shape index (κ1) is 11.5. The molecule has 0 saturated heterocycles. The summed E-state index contributed by atoms with van der Waals surface area (Å²) >= 11 is 5.62. The van der Waals surface area contributed by atoms with Crippen LogP contribution < -0.4 is 5.32 Å². The van der Waals surface area contributed by atoms with Gasteiger partial charge >= 0.3 is 0 Å². The Balaban J connectivity index is 2.07. The Morgan fingerprint density at radius 3 is 2.82 bits per heavy atom. The Labute approximate surface area is 102 Å². The molecule has 1 aromatic carbocycles. The number of hydrogen-bond donors (Lipinski definition) is 1. The van der Waals surface area contributed by atoms with Gasteiger partial charge in [0, 0.05) is 5.69 Å². The molecule has 0 spiro atoms. The van der Waals surface area contributed by atoms with Gasteiger partial charge < -0.3 is 9.73 Å². The van der Waals surface area contributed by atoms with Gasteiger partial charge in [-0.05, 0) is 41.9 Å². The van der Waals surface area contributed by atoms with Gasteiger partial charge in [0.15, 0.2) is 5.22 Å². The fourth-order valence-electron chi connectivity index (χ4n) is 1.36. The highest BCUT2D eigenvalue weighted by Gasteiger charge is 2.03. The predicted octanol–water partition coefficient (Wildman–Crippen LogP) is 3.56. The molecule has 0 atom stereocenters. The smallest absolute Gasteiger partial charge is 0.193 e. The van der Waals surface area contributed by atoms with E-state index in [2.05, 4.69) is 5.32 Å². The van der Waals surface area contributed by atoms with Crippen molar-refractivity contribution in [2.45, 2.75) is 6.54 Å². The van der Waals surface area contributed by atoms with Gasteiger partial charge in [-0.1, -0.05) is 0 Å². The normalized spacial score (nSPS) is 9.94. The molecule has 1 N–H and O–H groups in total. The summed E-state index contributed by atoms with van der Waals surface area (Å²) in [4.78, 5) is 0. The summed E-state index contributed by atoms with van der Waals surface area (Å²) in [6, 6.07) is 9.41. The van der Waals surface area contributed by atoms with E-state index in [4.69, 9.17) is 21.3 Å². The molecule has 0 aliphatic heterocycles. The monoisotopic (exact) mass is 250 g/mol. The molecule has 0 aliphatic carbocycles. The van der Waals surface area contributed by atoms with Crippen molar-refractivity contribution in [2.75, 3.05) is 5.32 Å². The summed E-state index contributed by atoms with van der Waals surface area (Å²) in [5, 5.41) is 12.0. The maximum absolute atomic E-state index is 13.1. The van der Waals surface area contributed by atoms with Gasteiger partial charge in [0.2, 0.25) is 0 Å². The number of hydrogen-bond acceptors (Lipinski definition) is 3. The van der Waals surface area contributed by atoms with Crippen molar-refractivity contribution in [1.82, 2.24) is 0 Å². The number of nitrogens with zero attached hydrogens (tertiary/aromatic N) is 1. The van der Waals surface area contributed by atoms with E-state index in [1.807, 2.05) is 0 Å². The number of nitriles is 1. The van der Waals surface area contributed by atoms with Gasteiger partial charge in [-0.3, -0.25) is 0 Å². The molecule has 3 nitrogen and oxygen atoms in total. The quantitative estimate of drug-likeness (QED) is 0.906. The van der Waals surface area contributed by atoms with Gasteiger partial charge in [-0.2, -0.15) is 5.26 Å². The van der Waals surface area contributed by atoms with E-state index in [1.54, 1.807) is 24.3 Å². The minimum Gasteiger partial charge on any atom is -0.448 e. The average Bonchev–Trinajstić information content (AvgIpc) is 2.74. The second-order valence-electron chi connectivity index (χ2n) is 3.37. The van der Waals surface area contributed by atoms with Crippen molar-refractivity contribution in [3.05, 3.63) is 52.7 Å². The Hall–Kier alpha value is -1.99. The summed E-state index contributed by atoms with van der Waals surface area (Å²) < 4.78 is 18.2. The molecular formula is C12H8ClFN2O. The highest BCUT2D eigenvalue weighted by atomic mass is 35.5. The molecule has 0 radical (unpaired) electrons. The number of halogens is 2. The summed E-state index contributed by atoms with van der Waals surface area (Å²) in [7, 11) is 0. The zero-order chi connectivity index (χ0) is 12.3. The Morgan fingerprint density at radius 2 is 2.18 bits per heavy atom. The van der Waals surface area contributed by atoms with Crippen LogP contribution in [0.3, 0.4) is 0 Å². The standard InChI is InChI=1S/C12H8ClFN2O/c13-12-4-2-10(17-12)7-16-9-1-3-11(14)8(5-9)6-15/h1-5,16H,7H2. The van der Waals surface area contributed by atoms with Crippen molar-refractivity contribution in [3.63, 3.8) is 0 Å². The molecule has 1 heterocycles. The van der Waals surface area contributed by atoms with E-state index in [0.29, 0.717) is 23.2 Å². The lowest BCUT2D eigenvalue weighted by atomic mass is 10.2. The third kappa shape index (κ3) is 2.77. The molecule has 2 rings (SSSR count). The number of anilines is 1. The minimum absolute atomic E-state index is 0.00692. The van der Waals surface area contributed by atoms with Crippen molar-refractivity contribution in [1.29, 1.82) is 5.26 Å². The number of nitrogens with one attached hydrogen (secondary N) is 1. The minimum atomic E-state index is -0.529. The van der Waals surface area contributed by atoms with E-state index in [9.17, 15) is 4.39 Å². The first-order valence-corrected chi connectivity index (χ1v) is 5.24. The molecule has 86 valence electrons. The summed E-state index contributed by atoms with van der Waals surface area (Å²) in [6.45, 7) is 0.420. The fourth-order valence-corrected chi connectivity index (χ4v) is 1.52. The molecule has 0 amide bonds. The largest absolute Gasteiger partial charge is 0.448 e. The van der Waals surface area contributed by atoms with Gasteiger partial charge in [0.05, 0.1) is 12.1 Å². The highest BCUT2D eigenvalue weighted by Crippen LogP contribution is 2.17. The molecular weight excluding hydrogens is 243 g/mol. The molecule has 2 aromatic rings. The topological polar surface area (TPSA) is 49.0 Å². The average molecular weight is 251 g/mol. The van der Waals surface area contributed by atoms with E-state index in [1.165, 1.54) is 12.1 Å². The molecule has 0 bridgehead atoms. The highest BCUT2D eigenvalue weighted by molar-refractivity contribution is 6.28. The van der Waals surface area contributed by atoms with Crippen molar-refractivity contribution in [2.24, 2.45) is 0 Å². The van der Waals surface area contributed by atoms with Crippen molar-refractivity contribution < 1.29 is 8.81 Å². The maximum atomic E-state index is 13.1. The number of furan rings is 1. The van der Waals surface area contributed by atoms with Crippen LogP contribution in [0, 0.1) is 17.1 Å². The second-order valence-corrected chi connectivity index (χ2v) is 3.74. The van der Waals surface area contributed by atoms with Crippen LogP contribution in [0.25, 0.3) is 0 Å². The van der Waals surface area contributed by atoms with Gasteiger partial charge in [-0.15, -0.1) is 0 Å². The van der Waals surface area contributed by atoms with Crippen LogP contribution in [0.15, 0.2) is 34.7 Å². The van der Waals surface area contributed by atoms with E-state index >= 15 is 0 Å². The Bertz CT molecular complexity index is 574. The molecule has 0 saturated carbocycles. The zero-order valence-corrected chi connectivity index (χ0v) is 9.46. The third-order valence-electron chi connectivity index (χ3n) is 2.18. The summed E-state index contributed by atoms with van der Waals surface area (Å²) in [6.07, 6.45) is 0. The van der Waals surface area contributed by atoms with E-state index in [-0.39, 0.29) is 5.56 Å². The lowest BCUT2D eigenvalue weighted by Crippen LogP contribution is -1.98. The molecule has 1 aromatic heterocycles. The zero-order valence-electron chi connectivity index (χ0n) is 8.71. The SMILES string of the molecule is N#Cc1cc(NCc2ccc(Cl)o2)ccc1F. The third-order valence-corrected chi connectivity index (χ3v) is 2.39. The van der Waals surface area contributed by atoms with E-state index < -0.39 is 5.82 Å². The first-order valence-electron chi connectivity index (χ1n) is 4.87. The lowest BCUT2D eigenvalue weighted by Gasteiger charge is -2.04. The summed E-state index contributed by atoms with van der Waals surface area (Å²) in [5.41, 5.74) is 0.656. The molecule has 0 aliphatic rings. The van der Waals surface area contributed by atoms with Crippen LogP contribution in [0.4, 0.5) is 10.1 Å². The van der Waals surface area contributed by atoms with Crippen LogP contribution in [-0.4, -0.2) is 0 Å².